The number of rotatable bonds is 16. The average molecular weight is 522 g/mol. The SMILES string of the molecule is CCOC(=O)COP(=O)(CN[C@H](CC(=O)O)Cc1ccc(-c2ccccc2)cc1)OCC(=O)OCC. The van der Waals surface area contributed by atoms with Gasteiger partial charge in [0, 0.05) is 6.04 Å². The number of carbonyl (C=O) groups is 3. The van der Waals surface area contributed by atoms with Gasteiger partial charge in [-0.2, -0.15) is 0 Å². The van der Waals surface area contributed by atoms with E-state index < -0.39 is 51.0 Å². The van der Waals surface area contributed by atoms with Crippen molar-refractivity contribution in [1.29, 1.82) is 0 Å². The molecule has 0 amide bonds. The van der Waals surface area contributed by atoms with Gasteiger partial charge in [0.1, 0.15) is 0 Å². The molecule has 0 saturated heterocycles. The molecule has 10 nitrogen and oxygen atoms in total. The second-order valence-electron chi connectivity index (χ2n) is 7.69. The smallest absolute Gasteiger partial charge is 0.345 e. The first-order valence-electron chi connectivity index (χ1n) is 11.5. The van der Waals surface area contributed by atoms with E-state index >= 15 is 0 Å². The number of benzene rings is 2. The third-order valence-electron chi connectivity index (χ3n) is 4.91. The van der Waals surface area contributed by atoms with E-state index in [2.05, 4.69) is 5.32 Å². The third kappa shape index (κ3) is 10.7. The van der Waals surface area contributed by atoms with E-state index in [1.165, 1.54) is 0 Å². The number of hydrogen-bond acceptors (Lipinski definition) is 9. The van der Waals surface area contributed by atoms with Crippen molar-refractivity contribution in [2.45, 2.75) is 32.7 Å². The number of ether oxygens (including phenoxy) is 2. The molecule has 2 rings (SSSR count). The first kappa shape index (κ1) is 29.2. The topological polar surface area (TPSA) is 137 Å². The minimum absolute atomic E-state index is 0.109. The zero-order valence-corrected chi connectivity index (χ0v) is 21.3. The van der Waals surface area contributed by atoms with Gasteiger partial charge in [0.15, 0.2) is 13.2 Å². The molecule has 2 aromatic rings. The molecular formula is C25H32NO9P. The Labute approximate surface area is 210 Å². The van der Waals surface area contributed by atoms with Crippen LogP contribution in [0.25, 0.3) is 11.1 Å². The molecule has 36 heavy (non-hydrogen) atoms. The van der Waals surface area contributed by atoms with Crippen molar-refractivity contribution < 1.29 is 42.6 Å². The van der Waals surface area contributed by atoms with Crippen LogP contribution in [0.2, 0.25) is 0 Å². The number of nitrogens with one attached hydrogen (secondary N) is 1. The van der Waals surface area contributed by atoms with Crippen molar-refractivity contribution in [2.75, 3.05) is 32.7 Å². The van der Waals surface area contributed by atoms with Crippen LogP contribution in [0.15, 0.2) is 54.6 Å². The maximum absolute atomic E-state index is 13.2. The van der Waals surface area contributed by atoms with E-state index in [1.54, 1.807) is 13.8 Å². The summed E-state index contributed by atoms with van der Waals surface area (Å²) >= 11 is 0. The van der Waals surface area contributed by atoms with Crippen molar-refractivity contribution in [3.8, 4) is 11.1 Å². The van der Waals surface area contributed by atoms with E-state index in [4.69, 9.17) is 18.5 Å². The Kier molecular flexibility index (Phi) is 12.3. The number of carboxylic acids is 1. The molecular weight excluding hydrogens is 489 g/mol. The largest absolute Gasteiger partial charge is 0.481 e. The monoisotopic (exact) mass is 521 g/mol. The predicted octanol–water partition coefficient (Wildman–Crippen LogP) is 3.64. The highest BCUT2D eigenvalue weighted by Gasteiger charge is 2.29. The summed E-state index contributed by atoms with van der Waals surface area (Å²) in [5.41, 5.74) is 2.94. The van der Waals surface area contributed by atoms with Gasteiger partial charge in [-0.3, -0.25) is 18.4 Å². The summed E-state index contributed by atoms with van der Waals surface area (Å²) in [5, 5.41) is 12.3. The molecule has 0 aliphatic heterocycles. The van der Waals surface area contributed by atoms with Crippen LogP contribution in [0.4, 0.5) is 0 Å². The minimum atomic E-state index is -4.03. The summed E-state index contributed by atoms with van der Waals surface area (Å²) in [5.74, 6) is -2.56. The summed E-state index contributed by atoms with van der Waals surface area (Å²) in [6.45, 7) is 2.13. The lowest BCUT2D eigenvalue weighted by Crippen LogP contribution is -2.35. The van der Waals surface area contributed by atoms with Crippen molar-refractivity contribution in [2.24, 2.45) is 0 Å². The van der Waals surface area contributed by atoms with Crippen LogP contribution >= 0.6 is 7.60 Å². The molecule has 0 heterocycles. The summed E-state index contributed by atoms with van der Waals surface area (Å²) in [4.78, 5) is 34.8. The van der Waals surface area contributed by atoms with Gasteiger partial charge in [-0.25, -0.2) is 9.59 Å². The lowest BCUT2D eigenvalue weighted by Gasteiger charge is -2.22. The molecule has 0 aromatic heterocycles. The van der Waals surface area contributed by atoms with E-state index in [9.17, 15) is 24.1 Å². The molecule has 0 aliphatic rings. The molecule has 196 valence electrons. The molecule has 0 unspecified atom stereocenters. The maximum Gasteiger partial charge on any atom is 0.345 e. The first-order valence-corrected chi connectivity index (χ1v) is 13.3. The van der Waals surface area contributed by atoms with Gasteiger partial charge in [-0.1, -0.05) is 54.6 Å². The predicted molar refractivity (Wildman–Crippen MR) is 132 cm³/mol. The van der Waals surface area contributed by atoms with Gasteiger partial charge in [-0.15, -0.1) is 0 Å². The van der Waals surface area contributed by atoms with Crippen molar-refractivity contribution in [3.05, 3.63) is 60.2 Å². The second kappa shape index (κ2) is 15.2. The van der Waals surface area contributed by atoms with Crippen LogP contribution in [0.5, 0.6) is 0 Å². The van der Waals surface area contributed by atoms with Crippen molar-refractivity contribution in [3.63, 3.8) is 0 Å². The molecule has 0 spiro atoms. The second-order valence-corrected chi connectivity index (χ2v) is 9.75. The van der Waals surface area contributed by atoms with Crippen LogP contribution in [-0.2, 0) is 43.9 Å². The average Bonchev–Trinajstić information content (AvgIpc) is 2.86. The van der Waals surface area contributed by atoms with Crippen LogP contribution in [0, 0.1) is 0 Å². The fraction of sp³-hybridized carbons (Fsp3) is 0.400. The molecule has 2 aromatic carbocycles. The van der Waals surface area contributed by atoms with E-state index in [-0.39, 0.29) is 19.6 Å². The highest BCUT2D eigenvalue weighted by molar-refractivity contribution is 7.53. The van der Waals surface area contributed by atoms with E-state index in [0.29, 0.717) is 6.42 Å². The Hall–Kier alpha value is -3.04. The summed E-state index contributed by atoms with van der Waals surface area (Å²) in [6, 6.07) is 16.9. The van der Waals surface area contributed by atoms with Crippen molar-refractivity contribution >= 4 is 25.5 Å². The fourth-order valence-electron chi connectivity index (χ4n) is 3.25. The fourth-order valence-corrected chi connectivity index (χ4v) is 4.60. The Bertz CT molecular complexity index is 1000. The Morgan fingerprint density at radius 2 is 1.39 bits per heavy atom. The summed E-state index contributed by atoms with van der Waals surface area (Å²) in [6.07, 6.45) is -0.376. The highest BCUT2D eigenvalue weighted by atomic mass is 31.2. The number of hydrogen-bond donors (Lipinski definition) is 2. The quantitative estimate of drug-likeness (QED) is 0.249. The Morgan fingerprint density at radius 1 is 0.861 bits per heavy atom. The summed E-state index contributed by atoms with van der Waals surface area (Å²) < 4.78 is 33.1. The van der Waals surface area contributed by atoms with Gasteiger partial charge in [0.05, 0.1) is 25.9 Å². The Morgan fingerprint density at radius 3 is 1.89 bits per heavy atom. The zero-order chi connectivity index (χ0) is 26.4. The lowest BCUT2D eigenvalue weighted by molar-refractivity contribution is -0.146. The number of carbonyl (C=O) groups excluding carboxylic acids is 2. The van der Waals surface area contributed by atoms with Crippen LogP contribution < -0.4 is 5.32 Å². The number of carboxylic acid groups (broad SMARTS) is 1. The highest BCUT2D eigenvalue weighted by Crippen LogP contribution is 2.47. The van der Waals surface area contributed by atoms with Gasteiger partial charge in [0.25, 0.3) is 0 Å². The van der Waals surface area contributed by atoms with Gasteiger partial charge in [0.2, 0.25) is 0 Å². The lowest BCUT2D eigenvalue weighted by atomic mass is 9.99. The van der Waals surface area contributed by atoms with Crippen LogP contribution in [0.1, 0.15) is 25.8 Å². The van der Waals surface area contributed by atoms with Gasteiger partial charge in [-0.05, 0) is 37.0 Å². The van der Waals surface area contributed by atoms with Gasteiger partial charge >= 0.3 is 25.5 Å². The van der Waals surface area contributed by atoms with Crippen LogP contribution in [-0.4, -0.2) is 61.8 Å². The third-order valence-corrected chi connectivity index (χ3v) is 6.52. The van der Waals surface area contributed by atoms with E-state index in [0.717, 1.165) is 16.7 Å². The normalized spacial score (nSPS) is 12.1. The first-order chi connectivity index (χ1) is 17.2. The molecule has 0 fully saturated rings. The summed E-state index contributed by atoms with van der Waals surface area (Å²) in [7, 11) is -4.03. The molecule has 1 atom stereocenters. The minimum Gasteiger partial charge on any atom is -0.481 e. The van der Waals surface area contributed by atoms with Crippen molar-refractivity contribution in [1.82, 2.24) is 5.32 Å². The molecule has 2 N–H and O–H groups in total. The molecule has 0 saturated carbocycles. The van der Waals surface area contributed by atoms with E-state index in [1.807, 2.05) is 54.6 Å². The Balaban J connectivity index is 2.08. The molecule has 0 aliphatic carbocycles. The molecule has 11 heteroatoms. The zero-order valence-electron chi connectivity index (χ0n) is 20.4. The molecule has 0 bridgehead atoms. The number of esters is 2. The standard InChI is InChI=1S/C25H32NO9P/c1-3-32-24(29)16-34-36(31,35-17-25(30)33-4-2)18-26-22(15-23(27)28)14-19-10-12-21(13-11-19)20-8-6-5-7-9-20/h5-13,22,26H,3-4,14-18H2,1-2H3,(H,27,28)/t22-/m0/s1. The number of aliphatic carboxylic acids is 1. The van der Waals surface area contributed by atoms with Crippen LogP contribution in [0.3, 0.4) is 0 Å². The van der Waals surface area contributed by atoms with Gasteiger partial charge < -0.3 is 19.9 Å². The molecule has 0 radical (unpaired) electrons. The maximum atomic E-state index is 13.2.